The standard InChI is InChI=1S/C14H17N3O2/c18-9-8-15-10-13-16-7-6-14(17-13)19-11-12-4-2-1-3-5-12/h1-7,15,18H,8-11H2. The van der Waals surface area contributed by atoms with Crippen LogP contribution >= 0.6 is 0 Å². The molecule has 100 valence electrons. The van der Waals surface area contributed by atoms with Gasteiger partial charge in [0.25, 0.3) is 0 Å². The van der Waals surface area contributed by atoms with Crippen molar-refractivity contribution < 1.29 is 9.84 Å². The molecule has 0 fully saturated rings. The number of hydrogen-bond donors (Lipinski definition) is 2. The van der Waals surface area contributed by atoms with Gasteiger partial charge in [0.15, 0.2) is 0 Å². The normalized spacial score (nSPS) is 10.4. The third kappa shape index (κ3) is 4.65. The number of rotatable bonds is 7. The van der Waals surface area contributed by atoms with E-state index in [-0.39, 0.29) is 6.61 Å². The van der Waals surface area contributed by atoms with Crippen LogP contribution in [0.3, 0.4) is 0 Å². The molecule has 2 aromatic rings. The van der Waals surface area contributed by atoms with Crippen molar-refractivity contribution in [2.75, 3.05) is 13.2 Å². The van der Waals surface area contributed by atoms with Gasteiger partial charge in [-0.25, -0.2) is 4.98 Å². The fourth-order valence-electron chi connectivity index (χ4n) is 1.56. The van der Waals surface area contributed by atoms with Gasteiger partial charge in [0.2, 0.25) is 5.88 Å². The molecule has 1 aromatic heterocycles. The first-order chi connectivity index (χ1) is 9.38. The Balaban J connectivity index is 1.88. The molecule has 0 aliphatic carbocycles. The van der Waals surface area contributed by atoms with Gasteiger partial charge >= 0.3 is 0 Å². The monoisotopic (exact) mass is 259 g/mol. The van der Waals surface area contributed by atoms with Crippen molar-refractivity contribution >= 4 is 0 Å². The zero-order chi connectivity index (χ0) is 13.3. The van der Waals surface area contributed by atoms with Gasteiger partial charge in [-0.05, 0) is 5.56 Å². The molecule has 0 spiro atoms. The zero-order valence-corrected chi connectivity index (χ0v) is 10.6. The van der Waals surface area contributed by atoms with E-state index in [9.17, 15) is 0 Å². The van der Waals surface area contributed by atoms with Crippen LogP contribution in [-0.4, -0.2) is 28.2 Å². The molecule has 0 radical (unpaired) electrons. The van der Waals surface area contributed by atoms with E-state index in [1.165, 1.54) is 0 Å². The van der Waals surface area contributed by atoms with Crippen molar-refractivity contribution in [3.63, 3.8) is 0 Å². The highest BCUT2D eigenvalue weighted by atomic mass is 16.5. The van der Waals surface area contributed by atoms with E-state index in [1.807, 2.05) is 30.3 Å². The van der Waals surface area contributed by atoms with Gasteiger partial charge in [0, 0.05) is 18.8 Å². The van der Waals surface area contributed by atoms with E-state index in [2.05, 4.69) is 15.3 Å². The first-order valence-corrected chi connectivity index (χ1v) is 6.18. The Bertz CT molecular complexity index is 491. The number of nitrogens with zero attached hydrogens (tertiary/aromatic N) is 2. The molecule has 0 saturated carbocycles. The average molecular weight is 259 g/mol. The van der Waals surface area contributed by atoms with Gasteiger partial charge in [0.1, 0.15) is 12.4 Å². The van der Waals surface area contributed by atoms with Gasteiger partial charge in [-0.3, -0.25) is 0 Å². The van der Waals surface area contributed by atoms with E-state index < -0.39 is 0 Å². The Labute approximate surface area is 112 Å². The van der Waals surface area contributed by atoms with Crippen molar-refractivity contribution in [1.82, 2.24) is 15.3 Å². The molecule has 0 saturated heterocycles. The number of hydrogen-bond acceptors (Lipinski definition) is 5. The van der Waals surface area contributed by atoms with E-state index >= 15 is 0 Å². The van der Waals surface area contributed by atoms with Gasteiger partial charge in [-0.1, -0.05) is 30.3 Å². The minimum absolute atomic E-state index is 0.101. The predicted molar refractivity (Wildman–Crippen MR) is 71.6 cm³/mol. The Hall–Kier alpha value is -1.98. The van der Waals surface area contributed by atoms with E-state index in [0.29, 0.717) is 31.4 Å². The zero-order valence-electron chi connectivity index (χ0n) is 10.6. The lowest BCUT2D eigenvalue weighted by Gasteiger charge is -2.07. The van der Waals surface area contributed by atoms with Crippen molar-refractivity contribution in [1.29, 1.82) is 0 Å². The Kier molecular flexibility index (Phi) is 5.28. The largest absolute Gasteiger partial charge is 0.473 e. The molecule has 2 rings (SSSR count). The summed E-state index contributed by atoms with van der Waals surface area (Å²) in [6.45, 7) is 1.63. The maximum Gasteiger partial charge on any atom is 0.216 e. The summed E-state index contributed by atoms with van der Waals surface area (Å²) < 4.78 is 5.61. The van der Waals surface area contributed by atoms with E-state index in [0.717, 1.165) is 5.56 Å². The van der Waals surface area contributed by atoms with Crippen LogP contribution in [0, 0.1) is 0 Å². The van der Waals surface area contributed by atoms with Crippen molar-refractivity contribution in [3.8, 4) is 5.88 Å². The maximum absolute atomic E-state index is 8.68. The van der Waals surface area contributed by atoms with Crippen LogP contribution in [0.2, 0.25) is 0 Å². The molecule has 0 amide bonds. The molecule has 0 aliphatic heterocycles. The SMILES string of the molecule is OCCNCc1nccc(OCc2ccccc2)n1. The number of aromatic nitrogens is 2. The second-order valence-electron chi connectivity index (χ2n) is 3.99. The number of nitrogens with one attached hydrogen (secondary N) is 1. The molecule has 0 bridgehead atoms. The summed E-state index contributed by atoms with van der Waals surface area (Å²) in [6.07, 6.45) is 1.67. The predicted octanol–water partition coefficient (Wildman–Crippen LogP) is 1.14. The van der Waals surface area contributed by atoms with Crippen LogP contribution in [0.1, 0.15) is 11.4 Å². The molecule has 1 aromatic carbocycles. The fourth-order valence-corrected chi connectivity index (χ4v) is 1.56. The maximum atomic E-state index is 8.68. The second kappa shape index (κ2) is 7.45. The fraction of sp³-hybridized carbons (Fsp3) is 0.286. The lowest BCUT2D eigenvalue weighted by Crippen LogP contribution is -2.19. The first-order valence-electron chi connectivity index (χ1n) is 6.18. The van der Waals surface area contributed by atoms with Gasteiger partial charge in [-0.2, -0.15) is 4.98 Å². The van der Waals surface area contributed by atoms with Gasteiger partial charge in [-0.15, -0.1) is 0 Å². The van der Waals surface area contributed by atoms with E-state index in [1.54, 1.807) is 12.3 Å². The summed E-state index contributed by atoms with van der Waals surface area (Å²) in [7, 11) is 0. The molecule has 1 heterocycles. The molecule has 0 unspecified atom stereocenters. The Morgan fingerprint density at radius 3 is 2.79 bits per heavy atom. The number of ether oxygens (including phenoxy) is 1. The van der Waals surface area contributed by atoms with Crippen LogP contribution in [-0.2, 0) is 13.2 Å². The molecule has 2 N–H and O–H groups in total. The second-order valence-corrected chi connectivity index (χ2v) is 3.99. The lowest BCUT2D eigenvalue weighted by molar-refractivity contribution is 0.287. The van der Waals surface area contributed by atoms with Gasteiger partial charge in [0.05, 0.1) is 13.2 Å². The topological polar surface area (TPSA) is 67.3 Å². The van der Waals surface area contributed by atoms with Crippen LogP contribution in [0.15, 0.2) is 42.6 Å². The summed E-state index contributed by atoms with van der Waals surface area (Å²) in [5.74, 6) is 1.21. The van der Waals surface area contributed by atoms with Crippen LogP contribution in [0.25, 0.3) is 0 Å². The van der Waals surface area contributed by atoms with Crippen molar-refractivity contribution in [2.24, 2.45) is 0 Å². The molecular formula is C14H17N3O2. The molecular weight excluding hydrogens is 242 g/mol. The van der Waals surface area contributed by atoms with E-state index in [4.69, 9.17) is 9.84 Å². The smallest absolute Gasteiger partial charge is 0.216 e. The molecule has 0 aliphatic rings. The summed E-state index contributed by atoms with van der Waals surface area (Å²) in [5, 5.41) is 11.7. The highest BCUT2D eigenvalue weighted by Crippen LogP contribution is 2.08. The highest BCUT2D eigenvalue weighted by Gasteiger charge is 2.00. The summed E-state index contributed by atoms with van der Waals surface area (Å²) in [5.41, 5.74) is 1.10. The molecule has 0 atom stereocenters. The average Bonchev–Trinajstić information content (AvgIpc) is 2.47. The van der Waals surface area contributed by atoms with Gasteiger partial charge < -0.3 is 15.2 Å². The minimum Gasteiger partial charge on any atom is -0.473 e. The third-order valence-corrected chi connectivity index (χ3v) is 2.48. The first kappa shape index (κ1) is 13.5. The highest BCUT2D eigenvalue weighted by molar-refractivity contribution is 5.15. The molecule has 19 heavy (non-hydrogen) atoms. The lowest BCUT2D eigenvalue weighted by atomic mass is 10.2. The third-order valence-electron chi connectivity index (χ3n) is 2.48. The van der Waals surface area contributed by atoms with Crippen LogP contribution in [0.5, 0.6) is 5.88 Å². The van der Waals surface area contributed by atoms with Crippen LogP contribution < -0.4 is 10.1 Å². The summed E-state index contributed by atoms with van der Waals surface area (Å²) in [6, 6.07) is 11.7. The Morgan fingerprint density at radius 1 is 1.16 bits per heavy atom. The summed E-state index contributed by atoms with van der Waals surface area (Å²) in [4.78, 5) is 8.41. The molecule has 5 heteroatoms. The summed E-state index contributed by atoms with van der Waals surface area (Å²) >= 11 is 0. The van der Waals surface area contributed by atoms with Crippen molar-refractivity contribution in [2.45, 2.75) is 13.2 Å². The quantitative estimate of drug-likeness (QED) is 0.730. The number of aliphatic hydroxyl groups is 1. The molecule has 5 nitrogen and oxygen atoms in total. The minimum atomic E-state index is 0.101. The van der Waals surface area contributed by atoms with Crippen molar-refractivity contribution in [3.05, 3.63) is 54.0 Å². The number of aliphatic hydroxyl groups excluding tert-OH is 1. The number of benzene rings is 1. The Morgan fingerprint density at radius 2 is 2.00 bits per heavy atom. The van der Waals surface area contributed by atoms with Crippen LogP contribution in [0.4, 0.5) is 0 Å².